The van der Waals surface area contributed by atoms with Crippen LogP contribution in [0, 0.1) is 0 Å². The molecule has 4 N–H and O–H groups in total. The molecule has 0 aliphatic heterocycles. The van der Waals surface area contributed by atoms with Gasteiger partial charge in [0, 0.05) is 6.54 Å². The Morgan fingerprint density at radius 3 is 2.38 bits per heavy atom. The Kier molecular flexibility index (Phi) is 4.72. The first-order chi connectivity index (χ1) is 5.89. The molecule has 0 aromatic heterocycles. The zero-order valence-electron chi connectivity index (χ0n) is 8.49. The van der Waals surface area contributed by atoms with Crippen LogP contribution in [0.15, 0.2) is 5.16 Å². The van der Waals surface area contributed by atoms with Crippen molar-refractivity contribution >= 4 is 5.84 Å². The molecule has 0 saturated carbocycles. The highest BCUT2D eigenvalue weighted by atomic mass is 16.4. The van der Waals surface area contributed by atoms with E-state index in [0.29, 0.717) is 13.1 Å². The summed E-state index contributed by atoms with van der Waals surface area (Å²) < 4.78 is 0. The molecule has 0 aromatic carbocycles. The van der Waals surface area contributed by atoms with Crippen LogP contribution in [-0.4, -0.2) is 46.3 Å². The molecular weight excluding hydrogens is 170 g/mol. The number of aliphatic hydroxyl groups is 1. The van der Waals surface area contributed by atoms with Gasteiger partial charge in [0.2, 0.25) is 0 Å². The SMILES string of the molecule is CCN(CC(N)=NO)CC(C)(C)O. The second kappa shape index (κ2) is 5.04. The monoisotopic (exact) mass is 189 g/mol. The number of oxime groups is 1. The van der Waals surface area contributed by atoms with E-state index in [4.69, 9.17) is 10.9 Å². The van der Waals surface area contributed by atoms with Crippen molar-refractivity contribution < 1.29 is 10.3 Å². The van der Waals surface area contributed by atoms with E-state index in [2.05, 4.69) is 5.16 Å². The number of nitrogens with two attached hydrogens (primary N) is 1. The Bertz CT molecular complexity index is 175. The molecule has 0 unspecified atom stereocenters. The number of rotatable bonds is 5. The molecule has 0 radical (unpaired) electrons. The van der Waals surface area contributed by atoms with E-state index >= 15 is 0 Å². The molecule has 0 spiro atoms. The van der Waals surface area contributed by atoms with Crippen molar-refractivity contribution in [2.24, 2.45) is 10.9 Å². The van der Waals surface area contributed by atoms with E-state index < -0.39 is 5.60 Å². The average molecular weight is 189 g/mol. The topological polar surface area (TPSA) is 82.1 Å². The third kappa shape index (κ3) is 6.36. The molecule has 0 saturated heterocycles. The summed E-state index contributed by atoms with van der Waals surface area (Å²) in [4.78, 5) is 1.90. The third-order valence-electron chi connectivity index (χ3n) is 1.57. The van der Waals surface area contributed by atoms with E-state index in [9.17, 15) is 5.11 Å². The molecule has 5 heteroatoms. The van der Waals surface area contributed by atoms with Crippen molar-refractivity contribution in [3.63, 3.8) is 0 Å². The van der Waals surface area contributed by atoms with Gasteiger partial charge < -0.3 is 16.0 Å². The minimum atomic E-state index is -0.758. The van der Waals surface area contributed by atoms with Crippen molar-refractivity contribution in [3.8, 4) is 0 Å². The summed E-state index contributed by atoms with van der Waals surface area (Å²) in [6, 6.07) is 0. The number of hydrogen-bond donors (Lipinski definition) is 3. The van der Waals surface area contributed by atoms with Gasteiger partial charge in [0.15, 0.2) is 5.84 Å². The second-order valence-corrected chi connectivity index (χ2v) is 3.71. The van der Waals surface area contributed by atoms with E-state index in [1.54, 1.807) is 13.8 Å². The van der Waals surface area contributed by atoms with Crippen LogP contribution >= 0.6 is 0 Å². The van der Waals surface area contributed by atoms with Crippen molar-refractivity contribution in [3.05, 3.63) is 0 Å². The fraction of sp³-hybridized carbons (Fsp3) is 0.875. The zero-order chi connectivity index (χ0) is 10.5. The molecule has 78 valence electrons. The summed E-state index contributed by atoms with van der Waals surface area (Å²) in [5.74, 6) is 0.158. The van der Waals surface area contributed by atoms with Crippen molar-refractivity contribution in [1.82, 2.24) is 4.90 Å². The Hall–Kier alpha value is -0.810. The highest BCUT2D eigenvalue weighted by Gasteiger charge is 2.17. The molecule has 13 heavy (non-hydrogen) atoms. The predicted molar refractivity (Wildman–Crippen MR) is 51.8 cm³/mol. The van der Waals surface area contributed by atoms with E-state index in [1.807, 2.05) is 11.8 Å². The van der Waals surface area contributed by atoms with Crippen LogP contribution in [0.2, 0.25) is 0 Å². The average Bonchev–Trinajstić information content (AvgIpc) is 2.00. The van der Waals surface area contributed by atoms with Gasteiger partial charge in [0.25, 0.3) is 0 Å². The van der Waals surface area contributed by atoms with Gasteiger partial charge in [-0.3, -0.25) is 4.90 Å². The fourth-order valence-electron chi connectivity index (χ4n) is 1.09. The van der Waals surface area contributed by atoms with Gasteiger partial charge in [0.05, 0.1) is 12.1 Å². The normalized spacial score (nSPS) is 13.8. The molecule has 0 aliphatic rings. The minimum Gasteiger partial charge on any atom is -0.409 e. The first kappa shape index (κ1) is 12.2. The Morgan fingerprint density at radius 1 is 1.54 bits per heavy atom. The van der Waals surface area contributed by atoms with Gasteiger partial charge in [-0.2, -0.15) is 0 Å². The second-order valence-electron chi connectivity index (χ2n) is 3.71. The van der Waals surface area contributed by atoms with Crippen molar-refractivity contribution in [1.29, 1.82) is 0 Å². The quantitative estimate of drug-likeness (QED) is 0.243. The molecule has 0 aliphatic carbocycles. The van der Waals surface area contributed by atoms with Crippen LogP contribution in [0.3, 0.4) is 0 Å². The van der Waals surface area contributed by atoms with Crippen LogP contribution in [0.1, 0.15) is 20.8 Å². The molecule has 0 aromatic rings. The lowest BCUT2D eigenvalue weighted by Gasteiger charge is -2.27. The Labute approximate surface area is 78.8 Å². The standard InChI is InChI=1S/C8H19N3O2/c1-4-11(5-7(9)10-13)6-8(2,3)12/h12-13H,4-6H2,1-3H3,(H2,9,10). The maximum absolute atomic E-state index is 9.52. The van der Waals surface area contributed by atoms with Gasteiger partial charge in [-0.05, 0) is 20.4 Å². The molecular formula is C8H19N3O2. The zero-order valence-corrected chi connectivity index (χ0v) is 8.49. The van der Waals surface area contributed by atoms with Gasteiger partial charge in [-0.25, -0.2) is 0 Å². The summed E-state index contributed by atoms with van der Waals surface area (Å²) in [5, 5.41) is 20.7. The lowest BCUT2D eigenvalue weighted by atomic mass is 10.1. The van der Waals surface area contributed by atoms with Crippen LogP contribution in [0.4, 0.5) is 0 Å². The summed E-state index contributed by atoms with van der Waals surface area (Å²) >= 11 is 0. The maximum Gasteiger partial charge on any atom is 0.153 e. The molecule has 0 heterocycles. The fourth-order valence-corrected chi connectivity index (χ4v) is 1.09. The molecule has 0 fully saturated rings. The number of likely N-dealkylation sites (N-methyl/N-ethyl adjacent to an activating group) is 1. The largest absolute Gasteiger partial charge is 0.409 e. The summed E-state index contributed by atoms with van der Waals surface area (Å²) in [7, 11) is 0. The first-order valence-electron chi connectivity index (χ1n) is 4.30. The van der Waals surface area contributed by atoms with Gasteiger partial charge in [-0.15, -0.1) is 0 Å². The van der Waals surface area contributed by atoms with E-state index in [1.165, 1.54) is 0 Å². The Balaban J connectivity index is 4.05. The summed E-state index contributed by atoms with van der Waals surface area (Å²) in [5.41, 5.74) is 4.59. The number of nitrogens with zero attached hydrogens (tertiary/aromatic N) is 2. The first-order valence-corrected chi connectivity index (χ1v) is 4.30. The molecule has 0 atom stereocenters. The number of amidine groups is 1. The lowest BCUT2D eigenvalue weighted by molar-refractivity contribution is 0.0426. The molecule has 0 bridgehead atoms. The van der Waals surface area contributed by atoms with Gasteiger partial charge in [-0.1, -0.05) is 12.1 Å². The van der Waals surface area contributed by atoms with Crippen LogP contribution in [-0.2, 0) is 0 Å². The number of hydrogen-bond acceptors (Lipinski definition) is 4. The third-order valence-corrected chi connectivity index (χ3v) is 1.57. The highest BCUT2D eigenvalue weighted by molar-refractivity contribution is 5.81. The van der Waals surface area contributed by atoms with E-state index in [0.717, 1.165) is 6.54 Å². The van der Waals surface area contributed by atoms with Crippen LogP contribution < -0.4 is 5.73 Å². The smallest absolute Gasteiger partial charge is 0.153 e. The lowest BCUT2D eigenvalue weighted by Crippen LogP contribution is -2.42. The van der Waals surface area contributed by atoms with Gasteiger partial charge in [0.1, 0.15) is 0 Å². The molecule has 0 amide bonds. The predicted octanol–water partition coefficient (Wildman–Crippen LogP) is -0.174. The van der Waals surface area contributed by atoms with Crippen molar-refractivity contribution in [2.75, 3.05) is 19.6 Å². The highest BCUT2D eigenvalue weighted by Crippen LogP contribution is 2.03. The molecule has 5 nitrogen and oxygen atoms in total. The van der Waals surface area contributed by atoms with Gasteiger partial charge >= 0.3 is 0 Å². The summed E-state index contributed by atoms with van der Waals surface area (Å²) in [6.45, 7) is 7.02. The van der Waals surface area contributed by atoms with Crippen LogP contribution in [0.5, 0.6) is 0 Å². The minimum absolute atomic E-state index is 0.158. The van der Waals surface area contributed by atoms with Crippen LogP contribution in [0.25, 0.3) is 0 Å². The molecule has 0 rings (SSSR count). The van der Waals surface area contributed by atoms with Crippen molar-refractivity contribution in [2.45, 2.75) is 26.4 Å². The maximum atomic E-state index is 9.52. The summed E-state index contributed by atoms with van der Waals surface area (Å²) in [6.07, 6.45) is 0. The van der Waals surface area contributed by atoms with E-state index in [-0.39, 0.29) is 5.84 Å². The Morgan fingerprint density at radius 2 is 2.08 bits per heavy atom.